The van der Waals surface area contributed by atoms with E-state index in [4.69, 9.17) is 9.63 Å². The monoisotopic (exact) mass is 310 g/mol. The van der Waals surface area contributed by atoms with Crippen molar-refractivity contribution in [3.05, 3.63) is 78.9 Å². The zero-order chi connectivity index (χ0) is 15.4. The molecule has 1 aliphatic heterocycles. The van der Waals surface area contributed by atoms with Crippen LogP contribution in [0.2, 0.25) is 0 Å². The van der Waals surface area contributed by atoms with Crippen LogP contribution in [0.3, 0.4) is 0 Å². The second kappa shape index (κ2) is 6.50. The van der Waals surface area contributed by atoms with Gasteiger partial charge in [0, 0.05) is 5.56 Å². The zero-order valence-electron chi connectivity index (χ0n) is 11.8. The Morgan fingerprint density at radius 3 is 2.00 bits per heavy atom. The molecule has 0 aromatic heterocycles. The largest absolute Gasteiger partial charge is 0.508 e. The van der Waals surface area contributed by atoms with Gasteiger partial charge in [-0.25, -0.2) is 0 Å². The first-order valence-electron chi connectivity index (χ1n) is 6.90. The number of aromatic hydroxyl groups is 1. The molecule has 0 saturated carbocycles. The van der Waals surface area contributed by atoms with Crippen LogP contribution in [0.4, 0.5) is 0 Å². The number of hydrogen-bond donors (Lipinski definition) is 1. The van der Waals surface area contributed by atoms with Gasteiger partial charge in [0.25, 0.3) is 8.03 Å². The van der Waals surface area contributed by atoms with E-state index in [1.54, 1.807) is 24.3 Å². The van der Waals surface area contributed by atoms with Crippen LogP contribution in [-0.2, 0) is 4.57 Å². The van der Waals surface area contributed by atoms with Gasteiger partial charge in [-0.15, -0.1) is 0 Å². The van der Waals surface area contributed by atoms with Crippen molar-refractivity contribution in [2.24, 2.45) is 0 Å². The van der Waals surface area contributed by atoms with E-state index in [1.807, 2.05) is 54.6 Å². The third-order valence-electron chi connectivity index (χ3n) is 3.28. The van der Waals surface area contributed by atoms with Crippen molar-refractivity contribution in [1.82, 2.24) is 0 Å². The van der Waals surface area contributed by atoms with Gasteiger partial charge in [-0.2, -0.15) is 0 Å². The maximum Gasteiger partial charge on any atom is 0.266 e. The number of benzene rings is 3. The third-order valence-corrected chi connectivity index (χ3v) is 4.56. The highest BCUT2D eigenvalue weighted by Gasteiger charge is 2.20. The number of fused-ring (bicyclic) bond motifs is 3. The molecule has 4 heteroatoms. The number of para-hydroxylation sites is 2. The molecule has 0 amide bonds. The molecule has 3 nitrogen and oxygen atoms in total. The van der Waals surface area contributed by atoms with Gasteiger partial charge < -0.3 is 9.63 Å². The SMILES string of the molecule is O=[PH]1Oc2ccccc2-c2ccccc21.Oc1ccccc1. The van der Waals surface area contributed by atoms with E-state index in [2.05, 4.69) is 0 Å². The lowest BCUT2D eigenvalue weighted by atomic mass is 10.0. The summed E-state index contributed by atoms with van der Waals surface area (Å²) < 4.78 is 17.2. The quantitative estimate of drug-likeness (QED) is 0.632. The van der Waals surface area contributed by atoms with E-state index < -0.39 is 8.03 Å². The van der Waals surface area contributed by atoms with E-state index in [1.165, 1.54) is 0 Å². The van der Waals surface area contributed by atoms with Gasteiger partial charge in [0.15, 0.2) is 0 Å². The summed E-state index contributed by atoms with van der Waals surface area (Å²) in [6.45, 7) is 0. The Morgan fingerprint density at radius 1 is 0.727 bits per heavy atom. The highest BCUT2D eigenvalue weighted by atomic mass is 31.1. The summed E-state index contributed by atoms with van der Waals surface area (Å²) in [6, 6.07) is 24.1. The lowest BCUT2D eigenvalue weighted by Crippen LogP contribution is -2.09. The van der Waals surface area contributed by atoms with E-state index >= 15 is 0 Å². The molecule has 1 unspecified atom stereocenters. The maximum atomic E-state index is 11.8. The van der Waals surface area contributed by atoms with Crippen LogP contribution in [0.5, 0.6) is 11.5 Å². The second-order valence-electron chi connectivity index (χ2n) is 4.77. The van der Waals surface area contributed by atoms with Crippen LogP contribution in [0.25, 0.3) is 11.1 Å². The molecule has 0 fully saturated rings. The van der Waals surface area contributed by atoms with E-state index in [-0.39, 0.29) is 0 Å². The topological polar surface area (TPSA) is 46.5 Å². The predicted octanol–water partition coefficient (Wildman–Crippen LogP) is 4.24. The predicted molar refractivity (Wildman–Crippen MR) is 89.2 cm³/mol. The van der Waals surface area contributed by atoms with Gasteiger partial charge in [0.2, 0.25) is 0 Å². The highest BCUT2D eigenvalue weighted by molar-refractivity contribution is 7.49. The molecule has 1 N–H and O–H groups in total. The smallest absolute Gasteiger partial charge is 0.266 e. The summed E-state index contributed by atoms with van der Waals surface area (Å²) in [5, 5.41) is 9.45. The normalized spacial score (nSPS) is 14.6. The molecule has 0 bridgehead atoms. The Kier molecular flexibility index (Phi) is 4.27. The summed E-state index contributed by atoms with van der Waals surface area (Å²) in [5.74, 6) is 1.04. The molecule has 0 aliphatic carbocycles. The lowest BCUT2D eigenvalue weighted by Gasteiger charge is -2.19. The van der Waals surface area contributed by atoms with Crippen LogP contribution in [0.1, 0.15) is 0 Å². The first-order valence-corrected chi connectivity index (χ1v) is 8.22. The number of hydrogen-bond acceptors (Lipinski definition) is 3. The van der Waals surface area contributed by atoms with Gasteiger partial charge in [-0.1, -0.05) is 54.6 Å². The lowest BCUT2D eigenvalue weighted by molar-refractivity contribution is 0.475. The number of phenols is 1. The Labute approximate surface area is 129 Å². The van der Waals surface area contributed by atoms with Gasteiger partial charge >= 0.3 is 0 Å². The standard InChI is InChI=1S/C12H9O2P.C6H6O/c13-15-12-8-4-2-6-10(12)9-5-1-3-7-11(9)14-15;7-6-4-2-1-3-5-6/h1-8,15H;1-5,7H. The second-order valence-corrected chi connectivity index (χ2v) is 6.08. The molecule has 0 saturated heterocycles. The minimum atomic E-state index is -2.11. The molecular weight excluding hydrogens is 295 g/mol. The molecule has 110 valence electrons. The van der Waals surface area contributed by atoms with E-state index in [0.29, 0.717) is 5.75 Å². The molecule has 4 rings (SSSR count). The third kappa shape index (κ3) is 3.05. The Hall–Kier alpha value is -2.51. The molecule has 0 radical (unpaired) electrons. The van der Waals surface area contributed by atoms with Crippen molar-refractivity contribution in [3.63, 3.8) is 0 Å². The average Bonchev–Trinajstić information content (AvgIpc) is 2.57. The van der Waals surface area contributed by atoms with Gasteiger partial charge in [-0.05, 0) is 29.8 Å². The van der Waals surface area contributed by atoms with Gasteiger partial charge in [-0.3, -0.25) is 4.57 Å². The summed E-state index contributed by atoms with van der Waals surface area (Å²) in [5.41, 5.74) is 2.06. The Bertz CT molecular complexity index is 800. The number of phenolic OH excluding ortho intramolecular Hbond substituents is 1. The first-order chi connectivity index (χ1) is 10.8. The van der Waals surface area contributed by atoms with Crippen molar-refractivity contribution in [2.75, 3.05) is 0 Å². The van der Waals surface area contributed by atoms with Crippen LogP contribution in [-0.4, -0.2) is 5.11 Å². The minimum Gasteiger partial charge on any atom is -0.508 e. The van der Waals surface area contributed by atoms with Crippen molar-refractivity contribution < 1.29 is 14.2 Å². The zero-order valence-corrected chi connectivity index (χ0v) is 12.8. The molecule has 1 aliphatic rings. The molecule has 3 aromatic rings. The van der Waals surface area contributed by atoms with Crippen LogP contribution < -0.4 is 9.83 Å². The maximum absolute atomic E-state index is 11.8. The Morgan fingerprint density at radius 2 is 1.32 bits per heavy atom. The number of rotatable bonds is 0. The van der Waals surface area contributed by atoms with Crippen molar-refractivity contribution in [1.29, 1.82) is 0 Å². The Balaban J connectivity index is 0.000000174. The fourth-order valence-electron chi connectivity index (χ4n) is 2.26. The highest BCUT2D eigenvalue weighted by Crippen LogP contribution is 2.41. The summed E-state index contributed by atoms with van der Waals surface area (Å²) in [6.07, 6.45) is 0. The van der Waals surface area contributed by atoms with Crippen molar-refractivity contribution in [3.8, 4) is 22.6 Å². The summed E-state index contributed by atoms with van der Waals surface area (Å²) in [7, 11) is -2.11. The molecule has 1 atom stereocenters. The first kappa shape index (κ1) is 14.4. The summed E-state index contributed by atoms with van der Waals surface area (Å²) >= 11 is 0. The fourth-order valence-corrected chi connectivity index (χ4v) is 3.41. The minimum absolute atomic E-state index is 0.322. The van der Waals surface area contributed by atoms with Crippen LogP contribution in [0, 0.1) is 0 Å². The molecule has 0 spiro atoms. The van der Waals surface area contributed by atoms with Crippen LogP contribution in [0.15, 0.2) is 78.9 Å². The van der Waals surface area contributed by atoms with Gasteiger partial charge in [0.1, 0.15) is 11.5 Å². The van der Waals surface area contributed by atoms with E-state index in [0.717, 1.165) is 22.2 Å². The molecule has 22 heavy (non-hydrogen) atoms. The molecular formula is C18H15O3P. The fraction of sp³-hybridized carbons (Fsp3) is 0. The molecule has 1 heterocycles. The van der Waals surface area contributed by atoms with E-state index in [9.17, 15) is 4.57 Å². The van der Waals surface area contributed by atoms with Crippen molar-refractivity contribution >= 4 is 13.3 Å². The van der Waals surface area contributed by atoms with Crippen LogP contribution >= 0.6 is 8.03 Å². The molecule has 3 aromatic carbocycles. The van der Waals surface area contributed by atoms with Gasteiger partial charge in [0.05, 0.1) is 5.30 Å². The van der Waals surface area contributed by atoms with Crippen molar-refractivity contribution in [2.45, 2.75) is 0 Å². The average molecular weight is 310 g/mol. The summed E-state index contributed by atoms with van der Waals surface area (Å²) in [4.78, 5) is 0.